The second-order valence-electron chi connectivity index (χ2n) is 6.97. The zero-order valence-electron chi connectivity index (χ0n) is 18.8. The molecule has 0 fully saturated rings. The number of ether oxygens (including phenoxy) is 1. The molecular formula is C21H17N11O4. The average Bonchev–Trinajstić information content (AvgIpc) is 3.43. The smallest absolute Gasteiger partial charge is 0.412 e. The molecule has 15 nitrogen and oxygen atoms in total. The van der Waals surface area contributed by atoms with E-state index in [0.717, 1.165) is 11.8 Å². The van der Waals surface area contributed by atoms with Crippen LogP contribution in [0, 0.1) is 11.3 Å². The predicted octanol–water partition coefficient (Wildman–Crippen LogP) is 2.57. The van der Waals surface area contributed by atoms with Crippen molar-refractivity contribution in [2.45, 2.75) is 6.92 Å². The van der Waals surface area contributed by atoms with Gasteiger partial charge in [0.1, 0.15) is 11.6 Å². The minimum atomic E-state index is -0.860. The summed E-state index contributed by atoms with van der Waals surface area (Å²) in [5.41, 5.74) is 0.0102. The number of benzene rings is 1. The van der Waals surface area contributed by atoms with Crippen LogP contribution in [-0.4, -0.2) is 48.6 Å². The summed E-state index contributed by atoms with van der Waals surface area (Å²) in [6.07, 6.45) is 3.36. The molecule has 0 aliphatic rings. The maximum Gasteiger partial charge on any atom is 0.412 e. The molecule has 2 amide bonds. The van der Waals surface area contributed by atoms with Gasteiger partial charge in [-0.15, -0.1) is 10.2 Å². The van der Waals surface area contributed by atoms with Gasteiger partial charge in [0.25, 0.3) is 5.95 Å². The average molecular weight is 487 g/mol. The number of azo groups is 1. The van der Waals surface area contributed by atoms with Crippen molar-refractivity contribution in [1.82, 2.24) is 29.5 Å². The van der Waals surface area contributed by atoms with Crippen molar-refractivity contribution in [3.05, 3.63) is 64.8 Å². The van der Waals surface area contributed by atoms with Crippen LogP contribution in [0.1, 0.15) is 12.5 Å². The number of aromatic amines is 1. The van der Waals surface area contributed by atoms with Gasteiger partial charge < -0.3 is 10.1 Å². The van der Waals surface area contributed by atoms with E-state index < -0.39 is 11.7 Å². The Hall–Kier alpha value is -5.65. The third-order valence-corrected chi connectivity index (χ3v) is 4.57. The lowest BCUT2D eigenvalue weighted by atomic mass is 10.3. The fourth-order valence-corrected chi connectivity index (χ4v) is 3.00. The number of anilines is 2. The number of nitriles is 1. The van der Waals surface area contributed by atoms with Crippen LogP contribution in [0.25, 0.3) is 11.6 Å². The number of hydrogen-bond acceptors (Lipinski definition) is 10. The Morgan fingerprint density at radius 1 is 1.14 bits per heavy atom. The minimum absolute atomic E-state index is 0.0282. The molecule has 0 unspecified atom stereocenters. The van der Waals surface area contributed by atoms with Gasteiger partial charge in [0.05, 0.1) is 19.0 Å². The Labute approximate surface area is 202 Å². The number of carbonyl (C=O) groups excluding carboxylic acids is 2. The SMILES string of the molecule is COC(=O)Nc1[nH]n(-c2ccc(NC(C)=O)cc2)c(=O)c1N=Nc1c(C#N)cnn1-c1ncccn1. The van der Waals surface area contributed by atoms with E-state index in [9.17, 15) is 19.6 Å². The number of aromatic nitrogens is 6. The number of amides is 2. The second kappa shape index (κ2) is 10.1. The molecule has 180 valence electrons. The molecule has 0 saturated carbocycles. The summed E-state index contributed by atoms with van der Waals surface area (Å²) in [6, 6.07) is 9.87. The standard InChI is InChI=1S/C21H17N11O4/c1-12(33)26-14-4-6-15(7-5-14)31-19(34)16(17(30-31)27-21(35)36-2)28-29-18-13(10-22)11-25-32(18)20-23-8-3-9-24-20/h3-9,11,30H,1-2H3,(H,26,33)(H,27,35). The van der Waals surface area contributed by atoms with E-state index >= 15 is 0 Å². The Bertz CT molecular complexity index is 1540. The minimum Gasteiger partial charge on any atom is -0.453 e. The van der Waals surface area contributed by atoms with Crippen LogP contribution < -0.4 is 16.2 Å². The van der Waals surface area contributed by atoms with Crippen molar-refractivity contribution >= 4 is 35.0 Å². The molecule has 0 atom stereocenters. The van der Waals surface area contributed by atoms with Gasteiger partial charge in [-0.25, -0.2) is 19.4 Å². The first-order chi connectivity index (χ1) is 17.4. The lowest BCUT2D eigenvalue weighted by Crippen LogP contribution is -2.14. The fourth-order valence-electron chi connectivity index (χ4n) is 3.00. The number of carbonyl (C=O) groups is 2. The summed E-state index contributed by atoms with van der Waals surface area (Å²) in [7, 11) is 1.16. The highest BCUT2D eigenvalue weighted by Gasteiger charge is 2.19. The Morgan fingerprint density at radius 2 is 1.86 bits per heavy atom. The number of nitrogens with one attached hydrogen (secondary N) is 3. The molecule has 4 rings (SSSR count). The lowest BCUT2D eigenvalue weighted by molar-refractivity contribution is -0.114. The van der Waals surface area contributed by atoms with Gasteiger partial charge in [-0.2, -0.15) is 15.0 Å². The van der Waals surface area contributed by atoms with E-state index in [1.807, 2.05) is 6.07 Å². The normalized spacial score (nSPS) is 10.7. The number of hydrogen-bond donors (Lipinski definition) is 3. The van der Waals surface area contributed by atoms with Gasteiger partial charge in [0, 0.05) is 25.0 Å². The monoisotopic (exact) mass is 487 g/mol. The van der Waals surface area contributed by atoms with Gasteiger partial charge in [-0.05, 0) is 30.3 Å². The van der Waals surface area contributed by atoms with E-state index in [2.05, 4.69) is 45.8 Å². The molecule has 3 aromatic heterocycles. The molecule has 0 spiro atoms. The van der Waals surface area contributed by atoms with Gasteiger partial charge in [0.15, 0.2) is 17.3 Å². The number of rotatable bonds is 6. The number of methoxy groups -OCH3 is 1. The topological polar surface area (TPSA) is 197 Å². The van der Waals surface area contributed by atoms with Crippen molar-refractivity contribution in [3.63, 3.8) is 0 Å². The van der Waals surface area contributed by atoms with Crippen molar-refractivity contribution in [3.8, 4) is 17.7 Å². The highest BCUT2D eigenvalue weighted by molar-refractivity contribution is 5.89. The molecule has 4 aromatic rings. The van der Waals surface area contributed by atoms with Crippen LogP contribution in [0.3, 0.4) is 0 Å². The molecule has 0 aliphatic carbocycles. The zero-order valence-corrected chi connectivity index (χ0v) is 18.8. The first kappa shape index (κ1) is 23.5. The van der Waals surface area contributed by atoms with Gasteiger partial charge in [0.2, 0.25) is 5.91 Å². The summed E-state index contributed by atoms with van der Waals surface area (Å²) in [4.78, 5) is 44.5. The first-order valence-corrected chi connectivity index (χ1v) is 10.2. The maximum absolute atomic E-state index is 13.2. The Kier molecular flexibility index (Phi) is 6.59. The molecular weight excluding hydrogens is 470 g/mol. The first-order valence-electron chi connectivity index (χ1n) is 10.2. The van der Waals surface area contributed by atoms with Gasteiger partial charge in [-0.3, -0.25) is 20.0 Å². The van der Waals surface area contributed by atoms with Crippen LogP contribution in [0.5, 0.6) is 0 Å². The van der Waals surface area contributed by atoms with Crippen LogP contribution in [0.4, 0.5) is 27.8 Å². The summed E-state index contributed by atoms with van der Waals surface area (Å²) >= 11 is 0. The molecule has 1 aromatic carbocycles. The van der Waals surface area contributed by atoms with Crippen LogP contribution in [0.2, 0.25) is 0 Å². The van der Waals surface area contributed by atoms with Crippen LogP contribution >= 0.6 is 0 Å². The summed E-state index contributed by atoms with van der Waals surface area (Å²) < 4.78 is 6.91. The van der Waals surface area contributed by atoms with Crippen LogP contribution in [-0.2, 0) is 9.53 Å². The van der Waals surface area contributed by atoms with Crippen molar-refractivity contribution in [1.29, 1.82) is 5.26 Å². The van der Waals surface area contributed by atoms with E-state index in [1.165, 1.54) is 30.2 Å². The lowest BCUT2D eigenvalue weighted by Gasteiger charge is -2.05. The highest BCUT2D eigenvalue weighted by atomic mass is 16.5. The Morgan fingerprint density at radius 3 is 2.50 bits per heavy atom. The molecule has 3 N–H and O–H groups in total. The third-order valence-electron chi connectivity index (χ3n) is 4.57. The molecule has 36 heavy (non-hydrogen) atoms. The van der Waals surface area contributed by atoms with E-state index in [1.54, 1.807) is 30.3 Å². The number of nitrogens with zero attached hydrogens (tertiary/aromatic N) is 8. The van der Waals surface area contributed by atoms with Crippen molar-refractivity contribution in [2.75, 3.05) is 17.7 Å². The van der Waals surface area contributed by atoms with Gasteiger partial charge in [-0.1, -0.05) is 0 Å². The molecule has 3 heterocycles. The van der Waals surface area contributed by atoms with E-state index in [-0.39, 0.29) is 34.7 Å². The van der Waals surface area contributed by atoms with E-state index in [4.69, 9.17) is 0 Å². The maximum atomic E-state index is 13.2. The predicted molar refractivity (Wildman–Crippen MR) is 125 cm³/mol. The van der Waals surface area contributed by atoms with Crippen molar-refractivity contribution < 1.29 is 14.3 Å². The zero-order chi connectivity index (χ0) is 25.7. The molecule has 0 saturated heterocycles. The summed E-state index contributed by atoms with van der Waals surface area (Å²) in [5.74, 6) is -0.253. The van der Waals surface area contributed by atoms with Crippen molar-refractivity contribution in [2.24, 2.45) is 10.2 Å². The molecule has 0 aliphatic heterocycles. The molecule has 0 bridgehead atoms. The van der Waals surface area contributed by atoms with Crippen LogP contribution in [0.15, 0.2) is 63.9 Å². The van der Waals surface area contributed by atoms with E-state index in [0.29, 0.717) is 11.4 Å². The molecule has 15 heteroatoms. The third kappa shape index (κ3) is 4.82. The number of H-pyrrole nitrogens is 1. The summed E-state index contributed by atoms with van der Waals surface area (Å²) in [5, 5.41) is 29.3. The largest absolute Gasteiger partial charge is 0.453 e. The quantitative estimate of drug-likeness (QED) is 0.345. The van der Waals surface area contributed by atoms with Gasteiger partial charge >= 0.3 is 11.7 Å². The molecule has 0 radical (unpaired) electrons. The second-order valence-corrected chi connectivity index (χ2v) is 6.97. The summed E-state index contributed by atoms with van der Waals surface area (Å²) in [6.45, 7) is 1.37. The Balaban J connectivity index is 1.78. The fraction of sp³-hybridized carbons (Fsp3) is 0.0952. The highest BCUT2D eigenvalue weighted by Crippen LogP contribution is 2.26.